The molecule has 6 heteroatoms. The van der Waals surface area contributed by atoms with E-state index in [0.717, 1.165) is 27.4 Å². The maximum atomic E-state index is 12.3. The van der Waals surface area contributed by atoms with E-state index in [1.165, 1.54) is 0 Å². The highest BCUT2D eigenvalue weighted by atomic mass is 32.2. The lowest BCUT2D eigenvalue weighted by Crippen LogP contribution is -2.12. The number of benzene rings is 1. The van der Waals surface area contributed by atoms with Gasteiger partial charge in [0.15, 0.2) is 0 Å². The predicted molar refractivity (Wildman–Crippen MR) is 89.3 cm³/mol. The van der Waals surface area contributed by atoms with Crippen molar-refractivity contribution in [2.24, 2.45) is 7.05 Å². The van der Waals surface area contributed by atoms with Crippen LogP contribution in [0.1, 0.15) is 17.3 Å². The SMILES string of the molecule is CCSc1ccc(C(=O)Nc2cccc3c2cnn3C)cn1. The van der Waals surface area contributed by atoms with Crippen LogP contribution in [-0.2, 0) is 7.05 Å². The topological polar surface area (TPSA) is 59.8 Å². The average molecular weight is 312 g/mol. The molecule has 1 aromatic carbocycles. The summed E-state index contributed by atoms with van der Waals surface area (Å²) in [7, 11) is 1.88. The fourth-order valence-corrected chi connectivity index (χ4v) is 2.82. The summed E-state index contributed by atoms with van der Waals surface area (Å²) >= 11 is 1.65. The lowest BCUT2D eigenvalue weighted by Gasteiger charge is -2.07. The number of nitrogens with one attached hydrogen (secondary N) is 1. The van der Waals surface area contributed by atoms with Gasteiger partial charge in [0.2, 0.25) is 0 Å². The second kappa shape index (κ2) is 6.19. The Labute approximate surface area is 132 Å². The minimum Gasteiger partial charge on any atom is -0.321 e. The summed E-state index contributed by atoms with van der Waals surface area (Å²) in [6.07, 6.45) is 3.36. The summed E-state index contributed by atoms with van der Waals surface area (Å²) in [5.41, 5.74) is 2.27. The zero-order valence-electron chi connectivity index (χ0n) is 12.4. The second-order valence-electron chi connectivity index (χ2n) is 4.78. The molecule has 0 radical (unpaired) electrons. The fraction of sp³-hybridized carbons (Fsp3) is 0.188. The minimum absolute atomic E-state index is 0.170. The first-order valence-electron chi connectivity index (χ1n) is 7.00. The molecule has 0 fully saturated rings. The van der Waals surface area contributed by atoms with Gasteiger partial charge in [-0.25, -0.2) is 4.98 Å². The first kappa shape index (κ1) is 14.6. The molecule has 0 saturated heterocycles. The van der Waals surface area contributed by atoms with Crippen LogP contribution in [0.3, 0.4) is 0 Å². The molecule has 22 heavy (non-hydrogen) atoms. The summed E-state index contributed by atoms with van der Waals surface area (Å²) in [5.74, 6) is 0.790. The van der Waals surface area contributed by atoms with E-state index in [4.69, 9.17) is 0 Å². The van der Waals surface area contributed by atoms with Crippen molar-refractivity contribution in [2.45, 2.75) is 11.9 Å². The molecule has 1 amide bonds. The molecule has 0 unspecified atom stereocenters. The van der Waals surface area contributed by atoms with Gasteiger partial charge in [-0.3, -0.25) is 9.48 Å². The number of anilines is 1. The Bertz CT molecular complexity index is 811. The molecular weight excluding hydrogens is 296 g/mol. The van der Waals surface area contributed by atoms with Crippen molar-refractivity contribution >= 4 is 34.3 Å². The fourth-order valence-electron chi connectivity index (χ4n) is 2.23. The van der Waals surface area contributed by atoms with Crippen LogP contribution in [-0.4, -0.2) is 26.4 Å². The van der Waals surface area contributed by atoms with Gasteiger partial charge in [0, 0.05) is 18.6 Å². The predicted octanol–water partition coefficient (Wildman–Crippen LogP) is 3.33. The summed E-state index contributed by atoms with van der Waals surface area (Å²) in [4.78, 5) is 16.6. The third-order valence-electron chi connectivity index (χ3n) is 3.33. The van der Waals surface area contributed by atoms with Gasteiger partial charge in [0.1, 0.15) is 0 Å². The zero-order valence-corrected chi connectivity index (χ0v) is 13.2. The molecule has 5 nitrogen and oxygen atoms in total. The van der Waals surface area contributed by atoms with Crippen LogP contribution < -0.4 is 5.32 Å². The molecule has 0 spiro atoms. The highest BCUT2D eigenvalue weighted by Gasteiger charge is 2.10. The first-order valence-corrected chi connectivity index (χ1v) is 7.98. The van der Waals surface area contributed by atoms with Crippen LogP contribution >= 0.6 is 11.8 Å². The maximum Gasteiger partial charge on any atom is 0.257 e. The monoisotopic (exact) mass is 312 g/mol. The van der Waals surface area contributed by atoms with Crippen molar-refractivity contribution < 1.29 is 4.79 Å². The molecule has 0 aliphatic heterocycles. The number of aromatic nitrogens is 3. The molecule has 0 saturated carbocycles. The number of hydrogen-bond donors (Lipinski definition) is 1. The van der Waals surface area contributed by atoms with E-state index in [2.05, 4.69) is 22.3 Å². The van der Waals surface area contributed by atoms with Crippen LogP contribution in [0.2, 0.25) is 0 Å². The van der Waals surface area contributed by atoms with Crippen LogP contribution in [0.25, 0.3) is 10.9 Å². The van der Waals surface area contributed by atoms with Crippen molar-refractivity contribution in [2.75, 3.05) is 11.1 Å². The Kier molecular flexibility index (Phi) is 4.11. The molecule has 3 aromatic rings. The standard InChI is InChI=1S/C16H16N4OS/c1-3-22-15-8-7-11(9-17-15)16(21)19-13-5-4-6-14-12(13)10-18-20(14)2/h4-10H,3H2,1-2H3,(H,19,21). The minimum atomic E-state index is -0.170. The second-order valence-corrected chi connectivity index (χ2v) is 6.06. The van der Waals surface area contributed by atoms with E-state index in [9.17, 15) is 4.79 Å². The van der Waals surface area contributed by atoms with Crippen LogP contribution in [0.4, 0.5) is 5.69 Å². The number of hydrogen-bond acceptors (Lipinski definition) is 4. The summed E-state index contributed by atoms with van der Waals surface area (Å²) in [6, 6.07) is 9.41. The highest BCUT2D eigenvalue weighted by Crippen LogP contribution is 2.23. The van der Waals surface area contributed by atoms with Gasteiger partial charge in [-0.2, -0.15) is 5.10 Å². The van der Waals surface area contributed by atoms with Crippen molar-refractivity contribution in [3.05, 3.63) is 48.3 Å². The van der Waals surface area contributed by atoms with Gasteiger partial charge in [-0.1, -0.05) is 13.0 Å². The van der Waals surface area contributed by atoms with Gasteiger partial charge >= 0.3 is 0 Å². The van der Waals surface area contributed by atoms with Gasteiger partial charge < -0.3 is 5.32 Å². The number of thioether (sulfide) groups is 1. The Morgan fingerprint density at radius 1 is 1.27 bits per heavy atom. The van der Waals surface area contributed by atoms with E-state index in [-0.39, 0.29) is 5.91 Å². The van der Waals surface area contributed by atoms with Crippen LogP contribution in [0, 0.1) is 0 Å². The van der Waals surface area contributed by atoms with Crippen molar-refractivity contribution in [3.8, 4) is 0 Å². The quantitative estimate of drug-likeness (QED) is 0.751. The largest absolute Gasteiger partial charge is 0.321 e. The number of nitrogens with zero attached hydrogens (tertiary/aromatic N) is 3. The average Bonchev–Trinajstić information content (AvgIpc) is 2.91. The summed E-state index contributed by atoms with van der Waals surface area (Å²) in [5, 5.41) is 8.99. The van der Waals surface area contributed by atoms with Gasteiger partial charge in [0.25, 0.3) is 5.91 Å². The number of aryl methyl sites for hydroxylation is 1. The number of carbonyl (C=O) groups is 1. The summed E-state index contributed by atoms with van der Waals surface area (Å²) < 4.78 is 1.78. The Morgan fingerprint density at radius 3 is 2.86 bits per heavy atom. The van der Waals surface area contributed by atoms with Gasteiger partial charge in [-0.15, -0.1) is 11.8 Å². The van der Waals surface area contributed by atoms with E-state index < -0.39 is 0 Å². The smallest absolute Gasteiger partial charge is 0.257 e. The lowest BCUT2D eigenvalue weighted by molar-refractivity contribution is 0.102. The van der Waals surface area contributed by atoms with Crippen LogP contribution in [0.15, 0.2) is 47.8 Å². The lowest BCUT2D eigenvalue weighted by atomic mass is 10.2. The molecule has 0 aliphatic carbocycles. The zero-order chi connectivity index (χ0) is 15.5. The highest BCUT2D eigenvalue weighted by molar-refractivity contribution is 7.99. The Hall–Kier alpha value is -2.34. The number of pyridine rings is 1. The molecular formula is C16H16N4OS. The van der Waals surface area contributed by atoms with Crippen molar-refractivity contribution in [3.63, 3.8) is 0 Å². The van der Waals surface area contributed by atoms with E-state index in [1.807, 2.05) is 31.3 Å². The molecule has 112 valence electrons. The molecule has 2 heterocycles. The molecule has 0 atom stereocenters. The van der Waals surface area contributed by atoms with Crippen molar-refractivity contribution in [1.82, 2.24) is 14.8 Å². The molecule has 0 aliphatic rings. The molecule has 0 bridgehead atoms. The first-order chi connectivity index (χ1) is 10.7. The molecule has 2 aromatic heterocycles. The van der Waals surface area contributed by atoms with E-state index in [0.29, 0.717) is 5.56 Å². The normalized spacial score (nSPS) is 10.8. The van der Waals surface area contributed by atoms with E-state index >= 15 is 0 Å². The van der Waals surface area contributed by atoms with Gasteiger partial charge in [0.05, 0.1) is 28.0 Å². The van der Waals surface area contributed by atoms with Gasteiger partial charge in [-0.05, 0) is 30.0 Å². The molecule has 3 rings (SSSR count). The summed E-state index contributed by atoms with van der Waals surface area (Å²) in [6.45, 7) is 2.07. The third kappa shape index (κ3) is 2.82. The van der Waals surface area contributed by atoms with Crippen LogP contribution in [0.5, 0.6) is 0 Å². The number of rotatable bonds is 4. The Balaban J connectivity index is 1.83. The third-order valence-corrected chi connectivity index (χ3v) is 4.16. The van der Waals surface area contributed by atoms with Crippen molar-refractivity contribution in [1.29, 1.82) is 0 Å². The Morgan fingerprint density at radius 2 is 2.14 bits per heavy atom. The number of fused-ring (bicyclic) bond motifs is 1. The number of amides is 1. The van der Waals surface area contributed by atoms with E-state index in [1.54, 1.807) is 34.9 Å². The number of carbonyl (C=O) groups excluding carboxylic acids is 1. The molecule has 1 N–H and O–H groups in total. The maximum absolute atomic E-state index is 12.3.